The molecule has 2 fully saturated rings. The van der Waals surface area contributed by atoms with Crippen molar-refractivity contribution in [1.29, 1.82) is 0 Å². The summed E-state index contributed by atoms with van der Waals surface area (Å²) in [5.74, 6) is 0.487. The van der Waals surface area contributed by atoms with Crippen LogP contribution in [0.5, 0.6) is 0 Å². The lowest BCUT2D eigenvalue weighted by Crippen LogP contribution is -2.52. The van der Waals surface area contributed by atoms with E-state index in [1.54, 1.807) is 12.1 Å². The van der Waals surface area contributed by atoms with Crippen LogP contribution in [0.4, 0.5) is 14.9 Å². The van der Waals surface area contributed by atoms with E-state index in [2.05, 4.69) is 40.5 Å². The van der Waals surface area contributed by atoms with E-state index in [0.717, 1.165) is 32.6 Å². The molecule has 0 radical (unpaired) electrons. The zero-order chi connectivity index (χ0) is 21.5. The molecule has 166 valence electrons. The van der Waals surface area contributed by atoms with Gasteiger partial charge >= 0.3 is 6.03 Å². The monoisotopic (exact) mass is 424 g/mol. The normalized spacial score (nSPS) is 18.2. The van der Waals surface area contributed by atoms with Crippen LogP contribution in [0.1, 0.15) is 24.8 Å². The molecule has 6 heteroatoms. The van der Waals surface area contributed by atoms with Crippen LogP contribution in [-0.4, -0.2) is 61.6 Å². The molecule has 0 atom stereocenters. The molecule has 31 heavy (non-hydrogen) atoms. The summed E-state index contributed by atoms with van der Waals surface area (Å²) in [4.78, 5) is 18.9. The van der Waals surface area contributed by atoms with Crippen molar-refractivity contribution in [2.45, 2.75) is 25.8 Å². The Kier molecular flexibility index (Phi) is 7.41. The van der Waals surface area contributed by atoms with Crippen LogP contribution in [0.2, 0.25) is 0 Å². The van der Waals surface area contributed by atoms with Crippen molar-refractivity contribution in [2.75, 3.05) is 50.7 Å². The molecule has 2 aromatic carbocycles. The van der Waals surface area contributed by atoms with Gasteiger partial charge in [-0.2, -0.15) is 0 Å². The van der Waals surface area contributed by atoms with E-state index in [-0.39, 0.29) is 11.8 Å². The summed E-state index contributed by atoms with van der Waals surface area (Å²) in [6, 6.07) is 17.5. The van der Waals surface area contributed by atoms with Gasteiger partial charge in [-0.3, -0.25) is 4.90 Å². The van der Waals surface area contributed by atoms with Crippen molar-refractivity contribution in [1.82, 2.24) is 15.1 Å². The second-order valence-corrected chi connectivity index (χ2v) is 8.65. The van der Waals surface area contributed by atoms with Crippen molar-refractivity contribution in [3.63, 3.8) is 0 Å². The number of piperazine rings is 1. The molecule has 0 spiro atoms. The standard InChI is InChI=1S/C25H33FN4O/c26-23-8-4-5-9-24(23)29-16-18-30(19-17-29)25(31)27-13-10-21-11-14-28(15-12-21)20-22-6-2-1-3-7-22/h1-9,21H,10-20H2,(H,27,31). The minimum Gasteiger partial charge on any atom is -0.366 e. The number of urea groups is 1. The van der Waals surface area contributed by atoms with Crippen LogP contribution >= 0.6 is 0 Å². The van der Waals surface area contributed by atoms with Gasteiger partial charge in [0.15, 0.2) is 0 Å². The van der Waals surface area contributed by atoms with Crippen LogP contribution < -0.4 is 10.2 Å². The minimum absolute atomic E-state index is 0.00898. The molecule has 0 aromatic heterocycles. The molecule has 4 rings (SSSR count). The largest absolute Gasteiger partial charge is 0.366 e. The molecule has 2 aromatic rings. The number of nitrogens with zero attached hydrogens (tertiary/aromatic N) is 3. The van der Waals surface area contributed by atoms with Gasteiger partial charge < -0.3 is 15.1 Å². The van der Waals surface area contributed by atoms with E-state index in [9.17, 15) is 9.18 Å². The van der Waals surface area contributed by atoms with E-state index in [4.69, 9.17) is 0 Å². The van der Waals surface area contributed by atoms with Gasteiger partial charge in [-0.15, -0.1) is 0 Å². The highest BCUT2D eigenvalue weighted by Gasteiger charge is 2.23. The highest BCUT2D eigenvalue weighted by atomic mass is 19.1. The van der Waals surface area contributed by atoms with Crippen LogP contribution in [0.3, 0.4) is 0 Å². The number of hydrogen-bond acceptors (Lipinski definition) is 3. The van der Waals surface area contributed by atoms with E-state index >= 15 is 0 Å². The van der Waals surface area contributed by atoms with Gasteiger partial charge in [0, 0.05) is 39.3 Å². The van der Waals surface area contributed by atoms with Gasteiger partial charge in [-0.05, 0) is 56.0 Å². The number of rotatable bonds is 6. The number of benzene rings is 2. The zero-order valence-electron chi connectivity index (χ0n) is 18.2. The smallest absolute Gasteiger partial charge is 0.317 e. The summed E-state index contributed by atoms with van der Waals surface area (Å²) in [5, 5.41) is 3.10. The van der Waals surface area contributed by atoms with E-state index in [0.29, 0.717) is 37.8 Å². The molecule has 2 saturated heterocycles. The number of piperidine rings is 1. The second-order valence-electron chi connectivity index (χ2n) is 8.65. The Labute approximate surface area is 184 Å². The Morgan fingerprint density at radius 1 is 0.903 bits per heavy atom. The number of para-hydroxylation sites is 1. The number of amides is 2. The summed E-state index contributed by atoms with van der Waals surface area (Å²) in [7, 11) is 0. The number of carbonyl (C=O) groups is 1. The van der Waals surface area contributed by atoms with Crippen molar-refractivity contribution in [3.8, 4) is 0 Å². The molecule has 1 N–H and O–H groups in total. The third-order valence-corrected chi connectivity index (χ3v) is 6.54. The molecule has 2 aliphatic rings. The van der Waals surface area contributed by atoms with Gasteiger partial charge in [-0.25, -0.2) is 9.18 Å². The van der Waals surface area contributed by atoms with Gasteiger partial charge in [0.1, 0.15) is 5.82 Å². The number of nitrogens with one attached hydrogen (secondary N) is 1. The SMILES string of the molecule is O=C(NCCC1CCN(Cc2ccccc2)CC1)N1CCN(c2ccccc2F)CC1. The highest BCUT2D eigenvalue weighted by Crippen LogP contribution is 2.22. The van der Waals surface area contributed by atoms with Gasteiger partial charge in [0.05, 0.1) is 5.69 Å². The molecule has 2 aliphatic heterocycles. The quantitative estimate of drug-likeness (QED) is 0.763. The lowest BCUT2D eigenvalue weighted by molar-refractivity contribution is 0.169. The Bertz CT molecular complexity index is 830. The topological polar surface area (TPSA) is 38.8 Å². The van der Waals surface area contributed by atoms with Crippen molar-refractivity contribution in [2.24, 2.45) is 5.92 Å². The fraction of sp³-hybridized carbons (Fsp3) is 0.480. The van der Waals surface area contributed by atoms with Gasteiger partial charge in [0.25, 0.3) is 0 Å². The summed E-state index contributed by atoms with van der Waals surface area (Å²) in [6.45, 7) is 6.59. The highest BCUT2D eigenvalue weighted by molar-refractivity contribution is 5.74. The first-order chi connectivity index (χ1) is 15.2. The van der Waals surface area contributed by atoms with Gasteiger partial charge in [-0.1, -0.05) is 42.5 Å². The van der Waals surface area contributed by atoms with Crippen molar-refractivity contribution in [3.05, 3.63) is 66.0 Å². The molecule has 0 bridgehead atoms. The number of halogens is 1. The summed E-state index contributed by atoms with van der Waals surface area (Å²) >= 11 is 0. The first-order valence-corrected chi connectivity index (χ1v) is 11.5. The maximum absolute atomic E-state index is 14.0. The minimum atomic E-state index is -0.199. The third kappa shape index (κ3) is 5.97. The Morgan fingerprint density at radius 2 is 1.58 bits per heavy atom. The summed E-state index contributed by atoms with van der Waals surface area (Å²) in [6.07, 6.45) is 3.44. The average Bonchev–Trinajstić information content (AvgIpc) is 2.81. The predicted octanol–water partition coefficient (Wildman–Crippen LogP) is 3.96. The fourth-order valence-corrected chi connectivity index (χ4v) is 4.63. The first-order valence-electron chi connectivity index (χ1n) is 11.5. The average molecular weight is 425 g/mol. The molecule has 2 heterocycles. The maximum atomic E-state index is 14.0. The van der Waals surface area contributed by atoms with Crippen molar-refractivity contribution >= 4 is 11.7 Å². The molecule has 0 saturated carbocycles. The van der Waals surface area contributed by atoms with Crippen LogP contribution in [0.25, 0.3) is 0 Å². The van der Waals surface area contributed by atoms with Crippen LogP contribution in [0, 0.1) is 11.7 Å². The Hall–Kier alpha value is -2.60. The molecular formula is C25H33FN4O. The van der Waals surface area contributed by atoms with E-state index in [1.807, 2.05) is 15.9 Å². The number of hydrogen-bond donors (Lipinski definition) is 1. The summed E-state index contributed by atoms with van der Waals surface area (Å²) in [5.41, 5.74) is 2.00. The second kappa shape index (κ2) is 10.6. The number of carbonyl (C=O) groups excluding carboxylic acids is 1. The first kappa shape index (κ1) is 21.6. The molecule has 0 unspecified atom stereocenters. The fourth-order valence-electron chi connectivity index (χ4n) is 4.63. The van der Waals surface area contributed by atoms with E-state index < -0.39 is 0 Å². The lowest BCUT2D eigenvalue weighted by Gasteiger charge is -2.36. The van der Waals surface area contributed by atoms with Gasteiger partial charge in [0.2, 0.25) is 0 Å². The lowest BCUT2D eigenvalue weighted by atomic mass is 9.93. The van der Waals surface area contributed by atoms with Crippen molar-refractivity contribution < 1.29 is 9.18 Å². The predicted molar refractivity (Wildman–Crippen MR) is 123 cm³/mol. The molecule has 0 aliphatic carbocycles. The Morgan fingerprint density at radius 3 is 2.29 bits per heavy atom. The molecule has 5 nitrogen and oxygen atoms in total. The van der Waals surface area contributed by atoms with Crippen LogP contribution in [0.15, 0.2) is 54.6 Å². The molecule has 2 amide bonds. The third-order valence-electron chi connectivity index (χ3n) is 6.54. The zero-order valence-corrected chi connectivity index (χ0v) is 18.2. The van der Waals surface area contributed by atoms with Crippen LogP contribution in [-0.2, 0) is 6.54 Å². The summed E-state index contributed by atoms with van der Waals surface area (Å²) < 4.78 is 14.0. The Balaban J connectivity index is 1.12. The number of likely N-dealkylation sites (tertiary alicyclic amines) is 1. The molecular weight excluding hydrogens is 391 g/mol. The maximum Gasteiger partial charge on any atom is 0.317 e. The number of anilines is 1. The van der Waals surface area contributed by atoms with E-state index in [1.165, 1.54) is 24.5 Å².